The topological polar surface area (TPSA) is 38.0 Å². The SMILES string of the molecule is Cc1c(I)ccc(NN)c1C. The van der Waals surface area contributed by atoms with E-state index in [2.05, 4.69) is 47.9 Å². The molecule has 0 aliphatic heterocycles. The summed E-state index contributed by atoms with van der Waals surface area (Å²) in [6, 6.07) is 4.04. The summed E-state index contributed by atoms with van der Waals surface area (Å²) in [4.78, 5) is 0. The Kier molecular flexibility index (Phi) is 2.72. The van der Waals surface area contributed by atoms with Crippen molar-refractivity contribution in [1.29, 1.82) is 0 Å². The summed E-state index contributed by atoms with van der Waals surface area (Å²) < 4.78 is 1.28. The Bertz CT molecular complexity index is 271. The quantitative estimate of drug-likeness (QED) is 0.462. The van der Waals surface area contributed by atoms with Gasteiger partial charge >= 0.3 is 0 Å². The lowest BCUT2D eigenvalue weighted by Gasteiger charge is -2.08. The Hall–Kier alpha value is -0.290. The van der Waals surface area contributed by atoms with E-state index in [1.807, 2.05) is 6.07 Å². The Morgan fingerprint density at radius 3 is 2.45 bits per heavy atom. The monoisotopic (exact) mass is 262 g/mol. The molecule has 0 saturated heterocycles. The molecule has 0 saturated carbocycles. The van der Waals surface area contributed by atoms with Crippen molar-refractivity contribution < 1.29 is 0 Å². The van der Waals surface area contributed by atoms with Crippen molar-refractivity contribution in [3.8, 4) is 0 Å². The highest BCUT2D eigenvalue weighted by Crippen LogP contribution is 2.21. The molecule has 0 spiro atoms. The smallest absolute Gasteiger partial charge is 0.0517 e. The molecule has 1 aromatic rings. The second-order valence-electron chi connectivity index (χ2n) is 2.49. The van der Waals surface area contributed by atoms with Crippen molar-refractivity contribution in [2.45, 2.75) is 13.8 Å². The highest BCUT2D eigenvalue weighted by Gasteiger charge is 2.01. The van der Waals surface area contributed by atoms with Gasteiger partial charge in [-0.25, -0.2) is 0 Å². The summed E-state index contributed by atoms with van der Waals surface area (Å²) in [6.45, 7) is 4.16. The van der Waals surface area contributed by atoms with Crippen LogP contribution in [0.3, 0.4) is 0 Å². The van der Waals surface area contributed by atoms with Gasteiger partial charge in [-0.05, 0) is 59.7 Å². The van der Waals surface area contributed by atoms with Gasteiger partial charge in [0.25, 0.3) is 0 Å². The molecule has 0 bridgehead atoms. The first-order valence-electron chi connectivity index (χ1n) is 3.39. The lowest BCUT2D eigenvalue weighted by molar-refractivity contribution is 1.26. The molecule has 0 unspecified atom stereocenters. The van der Waals surface area contributed by atoms with Gasteiger partial charge in [0.05, 0.1) is 5.69 Å². The molecule has 1 rings (SSSR count). The lowest BCUT2D eigenvalue weighted by Crippen LogP contribution is -2.08. The van der Waals surface area contributed by atoms with Crippen molar-refractivity contribution in [3.63, 3.8) is 0 Å². The predicted octanol–water partition coefficient (Wildman–Crippen LogP) is 2.19. The third-order valence-corrected chi connectivity index (χ3v) is 3.05. The Labute approximate surface area is 80.3 Å². The number of hydrogen-bond acceptors (Lipinski definition) is 2. The van der Waals surface area contributed by atoms with Crippen LogP contribution in [0.4, 0.5) is 5.69 Å². The van der Waals surface area contributed by atoms with E-state index in [1.54, 1.807) is 0 Å². The second kappa shape index (κ2) is 3.40. The average molecular weight is 262 g/mol. The molecule has 0 aromatic heterocycles. The van der Waals surface area contributed by atoms with Crippen molar-refractivity contribution >= 4 is 28.3 Å². The third-order valence-electron chi connectivity index (χ3n) is 1.88. The van der Waals surface area contributed by atoms with Crippen LogP contribution in [0.15, 0.2) is 12.1 Å². The van der Waals surface area contributed by atoms with Crippen LogP contribution in [-0.2, 0) is 0 Å². The summed E-state index contributed by atoms with van der Waals surface area (Å²) in [5, 5.41) is 0. The first kappa shape index (κ1) is 8.80. The largest absolute Gasteiger partial charge is 0.324 e. The van der Waals surface area contributed by atoms with E-state index in [1.165, 1.54) is 14.7 Å². The zero-order valence-corrected chi connectivity index (χ0v) is 8.77. The van der Waals surface area contributed by atoms with E-state index < -0.39 is 0 Å². The number of hydrogen-bond donors (Lipinski definition) is 2. The maximum Gasteiger partial charge on any atom is 0.0517 e. The first-order valence-corrected chi connectivity index (χ1v) is 4.47. The minimum Gasteiger partial charge on any atom is -0.324 e. The molecule has 0 amide bonds. The lowest BCUT2D eigenvalue weighted by atomic mass is 10.1. The highest BCUT2D eigenvalue weighted by atomic mass is 127. The number of nitrogen functional groups attached to an aromatic ring is 1. The summed E-state index contributed by atoms with van der Waals surface area (Å²) in [6.07, 6.45) is 0. The number of benzene rings is 1. The molecular formula is C8H11IN2. The van der Waals surface area contributed by atoms with Crippen LogP contribution < -0.4 is 11.3 Å². The number of halogens is 1. The molecule has 0 fully saturated rings. The second-order valence-corrected chi connectivity index (χ2v) is 3.65. The van der Waals surface area contributed by atoms with Gasteiger partial charge in [0, 0.05) is 3.57 Å². The molecule has 0 aliphatic rings. The van der Waals surface area contributed by atoms with Gasteiger partial charge in [0.15, 0.2) is 0 Å². The molecule has 60 valence electrons. The molecule has 0 atom stereocenters. The van der Waals surface area contributed by atoms with Crippen LogP contribution in [0.5, 0.6) is 0 Å². The molecule has 3 heteroatoms. The van der Waals surface area contributed by atoms with Crippen molar-refractivity contribution in [2.24, 2.45) is 5.84 Å². The highest BCUT2D eigenvalue weighted by molar-refractivity contribution is 14.1. The van der Waals surface area contributed by atoms with Crippen molar-refractivity contribution in [3.05, 3.63) is 26.8 Å². The van der Waals surface area contributed by atoms with Crippen LogP contribution >= 0.6 is 22.6 Å². The van der Waals surface area contributed by atoms with Crippen LogP contribution in [0.2, 0.25) is 0 Å². The van der Waals surface area contributed by atoms with Gasteiger partial charge in [-0.15, -0.1) is 0 Å². The number of anilines is 1. The molecule has 2 nitrogen and oxygen atoms in total. The molecule has 0 heterocycles. The fraction of sp³-hybridized carbons (Fsp3) is 0.250. The third kappa shape index (κ3) is 1.65. The van der Waals surface area contributed by atoms with E-state index in [0.29, 0.717) is 0 Å². The summed E-state index contributed by atoms with van der Waals surface area (Å²) in [5.74, 6) is 5.32. The fourth-order valence-corrected chi connectivity index (χ4v) is 1.53. The molecule has 3 N–H and O–H groups in total. The van der Waals surface area contributed by atoms with Gasteiger partial charge in [-0.2, -0.15) is 0 Å². The number of rotatable bonds is 1. The van der Waals surface area contributed by atoms with Gasteiger partial charge < -0.3 is 5.43 Å². The van der Waals surface area contributed by atoms with Crippen molar-refractivity contribution in [2.75, 3.05) is 5.43 Å². The average Bonchev–Trinajstić information content (AvgIpc) is 2.01. The minimum absolute atomic E-state index is 1.00. The van der Waals surface area contributed by atoms with E-state index in [4.69, 9.17) is 5.84 Å². The Morgan fingerprint density at radius 1 is 1.27 bits per heavy atom. The fourth-order valence-electron chi connectivity index (χ4n) is 0.944. The summed E-state index contributed by atoms with van der Waals surface area (Å²) in [5.41, 5.74) is 6.18. The normalized spacial score (nSPS) is 9.82. The Morgan fingerprint density at radius 2 is 1.91 bits per heavy atom. The van der Waals surface area contributed by atoms with Gasteiger partial charge in [0.1, 0.15) is 0 Å². The van der Waals surface area contributed by atoms with Crippen LogP contribution in [0, 0.1) is 17.4 Å². The number of hydrazine groups is 1. The van der Waals surface area contributed by atoms with Gasteiger partial charge in [-0.1, -0.05) is 0 Å². The molecule has 1 aromatic carbocycles. The Balaban J connectivity index is 3.25. The van der Waals surface area contributed by atoms with E-state index in [9.17, 15) is 0 Å². The number of nitrogens with two attached hydrogens (primary N) is 1. The first-order chi connectivity index (χ1) is 5.16. The maximum absolute atomic E-state index is 5.32. The predicted molar refractivity (Wildman–Crippen MR) is 56.4 cm³/mol. The van der Waals surface area contributed by atoms with Crippen LogP contribution in [0.1, 0.15) is 11.1 Å². The molecular weight excluding hydrogens is 251 g/mol. The number of nitrogens with one attached hydrogen (secondary N) is 1. The summed E-state index contributed by atoms with van der Waals surface area (Å²) in [7, 11) is 0. The van der Waals surface area contributed by atoms with E-state index >= 15 is 0 Å². The van der Waals surface area contributed by atoms with Crippen LogP contribution in [-0.4, -0.2) is 0 Å². The molecule has 0 radical (unpaired) electrons. The minimum atomic E-state index is 1.00. The maximum atomic E-state index is 5.32. The van der Waals surface area contributed by atoms with Gasteiger partial charge in [-0.3, -0.25) is 5.84 Å². The standard InChI is InChI=1S/C8H11IN2/c1-5-6(2)8(11-10)4-3-7(5)9/h3-4,11H,10H2,1-2H3. The van der Waals surface area contributed by atoms with Crippen LogP contribution in [0.25, 0.3) is 0 Å². The van der Waals surface area contributed by atoms with E-state index in [-0.39, 0.29) is 0 Å². The van der Waals surface area contributed by atoms with Crippen molar-refractivity contribution in [1.82, 2.24) is 0 Å². The molecule has 11 heavy (non-hydrogen) atoms. The zero-order chi connectivity index (χ0) is 8.43. The zero-order valence-electron chi connectivity index (χ0n) is 6.61. The summed E-state index contributed by atoms with van der Waals surface area (Å²) >= 11 is 2.31. The van der Waals surface area contributed by atoms with E-state index in [0.717, 1.165) is 5.69 Å². The van der Waals surface area contributed by atoms with Gasteiger partial charge in [0.2, 0.25) is 0 Å². The molecule has 0 aliphatic carbocycles.